The molecule has 0 saturated heterocycles. The lowest BCUT2D eigenvalue weighted by Gasteiger charge is -2.22. The Kier molecular flexibility index (Phi) is 7.79. The van der Waals surface area contributed by atoms with Crippen LogP contribution in [0.3, 0.4) is 0 Å². The average molecular weight is 611 g/mol. The third-order valence-corrected chi connectivity index (χ3v) is 9.95. The van der Waals surface area contributed by atoms with Crippen molar-refractivity contribution in [2.75, 3.05) is 19.5 Å². The van der Waals surface area contributed by atoms with Crippen molar-refractivity contribution >= 4 is 40.2 Å². The molecular weight excluding hydrogens is 581 g/mol. The summed E-state index contributed by atoms with van der Waals surface area (Å²) >= 11 is 3.23. The van der Waals surface area contributed by atoms with Crippen LogP contribution in [0.15, 0.2) is 66.0 Å². The van der Waals surface area contributed by atoms with Gasteiger partial charge in [0.2, 0.25) is 0 Å². The molecule has 1 aliphatic rings. The van der Waals surface area contributed by atoms with Gasteiger partial charge in [-0.05, 0) is 78.4 Å². The van der Waals surface area contributed by atoms with Crippen LogP contribution in [-0.2, 0) is 17.9 Å². The molecule has 0 saturated carbocycles. The van der Waals surface area contributed by atoms with E-state index in [9.17, 15) is 9.59 Å². The lowest BCUT2D eigenvalue weighted by atomic mass is 9.89. The standard InChI is InChI=1S/C34H30N2O5S2/c1-18-19(2)43-32-27-13-25(34(38)40-4)23(15-30(27)41-17-28(18)32)22-14-29(39-3)26(31-6-5-11-42-31)12-24(22)33(37)36-21-9-7-20(16-35)8-10-21/h5-15H,16-17,35H2,1-4H3,(H,36,37). The SMILES string of the molecule is COC(=O)c1cc2c(cc1-c1cc(OC)c(-c3cccs3)cc1C(=O)Nc1ccc(CN)cc1)OCc1c-2sc(C)c1C. The molecule has 43 heavy (non-hydrogen) atoms. The molecule has 0 radical (unpaired) electrons. The molecule has 0 atom stereocenters. The highest BCUT2D eigenvalue weighted by atomic mass is 32.1. The number of nitrogens with two attached hydrogens (primary N) is 1. The van der Waals surface area contributed by atoms with Gasteiger partial charge in [0.05, 0.1) is 19.8 Å². The van der Waals surface area contributed by atoms with Gasteiger partial charge in [0.25, 0.3) is 5.91 Å². The Labute approximate surface area is 257 Å². The molecule has 7 nitrogen and oxygen atoms in total. The van der Waals surface area contributed by atoms with E-state index in [-0.39, 0.29) is 5.91 Å². The maximum atomic E-state index is 14.0. The van der Waals surface area contributed by atoms with Gasteiger partial charge in [-0.15, -0.1) is 22.7 Å². The second kappa shape index (κ2) is 11.7. The topological polar surface area (TPSA) is 99.9 Å². The first-order valence-corrected chi connectivity index (χ1v) is 15.4. The maximum absolute atomic E-state index is 14.0. The summed E-state index contributed by atoms with van der Waals surface area (Å²) in [5.74, 6) is 0.362. The highest BCUT2D eigenvalue weighted by Crippen LogP contribution is 2.48. The Hall–Kier alpha value is -4.44. The van der Waals surface area contributed by atoms with Crippen molar-refractivity contribution < 1.29 is 23.8 Å². The molecule has 3 aromatic carbocycles. The van der Waals surface area contributed by atoms with Crippen molar-refractivity contribution in [3.05, 3.63) is 98.7 Å². The average Bonchev–Trinajstić information content (AvgIpc) is 3.68. The molecule has 0 aliphatic carbocycles. The van der Waals surface area contributed by atoms with E-state index in [4.69, 9.17) is 19.9 Å². The number of aryl methyl sites for hydroxylation is 1. The molecule has 5 aromatic rings. The summed E-state index contributed by atoms with van der Waals surface area (Å²) in [6.45, 7) is 5.01. The monoisotopic (exact) mass is 610 g/mol. The summed E-state index contributed by atoms with van der Waals surface area (Å²) < 4.78 is 17.3. The van der Waals surface area contributed by atoms with Gasteiger partial charge in [0, 0.05) is 54.7 Å². The first kappa shape index (κ1) is 28.7. The second-order valence-corrected chi connectivity index (χ2v) is 12.4. The zero-order valence-corrected chi connectivity index (χ0v) is 25.8. The number of thiophene rings is 2. The van der Waals surface area contributed by atoms with Crippen LogP contribution in [-0.4, -0.2) is 26.1 Å². The highest BCUT2D eigenvalue weighted by molar-refractivity contribution is 7.16. The van der Waals surface area contributed by atoms with Crippen LogP contribution in [0.25, 0.3) is 32.0 Å². The number of fused-ring (bicyclic) bond motifs is 3. The number of ether oxygens (including phenoxy) is 3. The molecule has 0 fully saturated rings. The fourth-order valence-corrected chi connectivity index (χ4v) is 7.23. The third kappa shape index (κ3) is 5.20. The highest BCUT2D eigenvalue weighted by Gasteiger charge is 2.29. The molecular formula is C34H30N2O5S2. The van der Waals surface area contributed by atoms with Crippen LogP contribution in [0.5, 0.6) is 11.5 Å². The molecule has 0 bridgehead atoms. The van der Waals surface area contributed by atoms with Crippen LogP contribution < -0.4 is 20.5 Å². The zero-order valence-electron chi connectivity index (χ0n) is 24.2. The molecule has 218 valence electrons. The minimum absolute atomic E-state index is 0.327. The van der Waals surface area contributed by atoms with Gasteiger partial charge in [0.15, 0.2) is 0 Å². The number of esters is 1. The van der Waals surface area contributed by atoms with Crippen LogP contribution >= 0.6 is 22.7 Å². The molecule has 1 aliphatic heterocycles. The Bertz CT molecular complexity index is 1860. The van der Waals surface area contributed by atoms with Crippen LogP contribution in [0.1, 0.15) is 42.3 Å². The van der Waals surface area contributed by atoms with E-state index >= 15 is 0 Å². The summed E-state index contributed by atoms with van der Waals surface area (Å²) in [6, 6.07) is 18.6. The molecule has 0 unspecified atom stereocenters. The number of benzene rings is 3. The molecule has 6 rings (SSSR count). The summed E-state index contributed by atoms with van der Waals surface area (Å²) in [4.78, 5) is 30.6. The third-order valence-electron chi connectivity index (χ3n) is 7.76. The molecule has 0 spiro atoms. The zero-order chi connectivity index (χ0) is 30.2. The maximum Gasteiger partial charge on any atom is 0.338 e. The number of carbonyl (C=O) groups is 2. The molecule has 3 heterocycles. The number of carbonyl (C=O) groups excluding carboxylic acids is 2. The summed E-state index contributed by atoms with van der Waals surface area (Å²) in [6.07, 6.45) is 0. The van der Waals surface area contributed by atoms with E-state index in [0.29, 0.717) is 52.6 Å². The number of nitrogens with one attached hydrogen (secondary N) is 1. The van der Waals surface area contributed by atoms with Crippen LogP contribution in [0.4, 0.5) is 5.69 Å². The Morgan fingerprint density at radius 3 is 2.37 bits per heavy atom. The van der Waals surface area contributed by atoms with E-state index in [1.807, 2.05) is 66.0 Å². The lowest BCUT2D eigenvalue weighted by Crippen LogP contribution is -2.15. The molecule has 3 N–H and O–H groups in total. The van der Waals surface area contributed by atoms with Gasteiger partial charge >= 0.3 is 5.97 Å². The van der Waals surface area contributed by atoms with E-state index in [0.717, 1.165) is 32.0 Å². The van der Waals surface area contributed by atoms with Crippen molar-refractivity contribution in [2.24, 2.45) is 5.73 Å². The Balaban J connectivity index is 1.56. The van der Waals surface area contributed by atoms with Crippen molar-refractivity contribution in [2.45, 2.75) is 27.0 Å². The minimum Gasteiger partial charge on any atom is -0.496 e. The normalized spacial score (nSPS) is 11.7. The first-order chi connectivity index (χ1) is 20.8. The fourth-order valence-electron chi connectivity index (χ4n) is 5.30. The Morgan fingerprint density at radius 1 is 0.953 bits per heavy atom. The van der Waals surface area contributed by atoms with Gasteiger partial charge in [0.1, 0.15) is 18.1 Å². The minimum atomic E-state index is -0.514. The number of hydrogen-bond acceptors (Lipinski definition) is 8. The quantitative estimate of drug-likeness (QED) is 0.182. The van der Waals surface area contributed by atoms with Gasteiger partial charge in [-0.1, -0.05) is 18.2 Å². The van der Waals surface area contributed by atoms with E-state index < -0.39 is 5.97 Å². The van der Waals surface area contributed by atoms with E-state index in [1.54, 1.807) is 29.8 Å². The van der Waals surface area contributed by atoms with Crippen molar-refractivity contribution in [3.8, 4) is 43.5 Å². The summed E-state index contributed by atoms with van der Waals surface area (Å²) in [5, 5.41) is 4.99. The van der Waals surface area contributed by atoms with Gasteiger partial charge in [-0.25, -0.2) is 4.79 Å². The number of anilines is 1. The van der Waals surface area contributed by atoms with Crippen LogP contribution in [0.2, 0.25) is 0 Å². The van der Waals surface area contributed by atoms with Gasteiger partial charge < -0.3 is 25.3 Å². The molecule has 9 heteroatoms. The predicted molar refractivity (Wildman–Crippen MR) is 172 cm³/mol. The van der Waals surface area contributed by atoms with Crippen molar-refractivity contribution in [3.63, 3.8) is 0 Å². The van der Waals surface area contributed by atoms with Gasteiger partial charge in [-0.3, -0.25) is 4.79 Å². The van der Waals surface area contributed by atoms with E-state index in [1.165, 1.54) is 17.6 Å². The Morgan fingerprint density at radius 2 is 1.70 bits per heavy atom. The second-order valence-electron chi connectivity index (χ2n) is 10.2. The largest absolute Gasteiger partial charge is 0.496 e. The summed E-state index contributed by atoms with van der Waals surface area (Å²) in [5.41, 5.74) is 13.0. The summed E-state index contributed by atoms with van der Waals surface area (Å²) in [7, 11) is 2.95. The fraction of sp³-hybridized carbons (Fsp3) is 0.176. The van der Waals surface area contributed by atoms with E-state index in [2.05, 4.69) is 19.2 Å². The van der Waals surface area contributed by atoms with Gasteiger partial charge in [-0.2, -0.15) is 0 Å². The first-order valence-electron chi connectivity index (χ1n) is 13.7. The number of amides is 1. The molecule has 1 amide bonds. The van der Waals surface area contributed by atoms with Crippen molar-refractivity contribution in [1.82, 2.24) is 0 Å². The number of methoxy groups -OCH3 is 2. The number of rotatable bonds is 7. The number of hydrogen-bond donors (Lipinski definition) is 2. The lowest BCUT2D eigenvalue weighted by molar-refractivity contribution is 0.0601. The molecule has 2 aromatic heterocycles. The smallest absolute Gasteiger partial charge is 0.338 e. The van der Waals surface area contributed by atoms with Crippen LogP contribution in [0, 0.1) is 13.8 Å². The predicted octanol–water partition coefficient (Wildman–Crippen LogP) is 7.83. The van der Waals surface area contributed by atoms with Crippen molar-refractivity contribution in [1.29, 1.82) is 0 Å².